The Labute approximate surface area is 86.6 Å². The molecule has 1 atom stereocenters. The highest BCUT2D eigenvalue weighted by Crippen LogP contribution is 2.22. The van der Waals surface area contributed by atoms with Gasteiger partial charge in [0.05, 0.1) is 0 Å². The second-order valence-corrected chi connectivity index (χ2v) is 3.92. The summed E-state index contributed by atoms with van der Waals surface area (Å²) in [4.78, 5) is 0. The zero-order valence-corrected chi connectivity index (χ0v) is 9.30. The van der Waals surface area contributed by atoms with E-state index in [0.29, 0.717) is 0 Å². The van der Waals surface area contributed by atoms with E-state index in [1.54, 1.807) is 0 Å². The van der Waals surface area contributed by atoms with Crippen molar-refractivity contribution in [1.29, 1.82) is 0 Å². The fourth-order valence-electron chi connectivity index (χ4n) is 1.69. The Hall–Kier alpha value is -1.08. The topological polar surface area (TPSA) is 26.0 Å². The standard InChI is InChI=1S/C13H19N/c1-5-6-13(14)12-8-10(3)9(2)7-11(12)4/h5,7-8,13H,1,6,14H2,2-4H3. The lowest BCUT2D eigenvalue weighted by Gasteiger charge is -2.15. The molecule has 0 saturated heterocycles. The molecule has 0 fully saturated rings. The summed E-state index contributed by atoms with van der Waals surface area (Å²) in [5, 5.41) is 0. The summed E-state index contributed by atoms with van der Waals surface area (Å²) in [6.07, 6.45) is 2.71. The predicted molar refractivity (Wildman–Crippen MR) is 62.4 cm³/mol. The molecule has 76 valence electrons. The van der Waals surface area contributed by atoms with Crippen molar-refractivity contribution >= 4 is 0 Å². The van der Waals surface area contributed by atoms with E-state index in [1.807, 2.05) is 6.08 Å². The van der Waals surface area contributed by atoms with Crippen LogP contribution in [-0.4, -0.2) is 0 Å². The molecule has 0 amide bonds. The van der Waals surface area contributed by atoms with Crippen molar-refractivity contribution in [3.63, 3.8) is 0 Å². The molecule has 1 unspecified atom stereocenters. The maximum Gasteiger partial charge on any atom is 0.0332 e. The summed E-state index contributed by atoms with van der Waals surface area (Å²) >= 11 is 0. The number of nitrogens with two attached hydrogens (primary N) is 1. The van der Waals surface area contributed by atoms with Gasteiger partial charge < -0.3 is 5.73 Å². The van der Waals surface area contributed by atoms with E-state index in [2.05, 4.69) is 39.5 Å². The summed E-state index contributed by atoms with van der Waals surface area (Å²) in [6, 6.07) is 4.48. The lowest BCUT2D eigenvalue weighted by atomic mass is 9.95. The highest BCUT2D eigenvalue weighted by Gasteiger charge is 2.08. The minimum absolute atomic E-state index is 0.0896. The van der Waals surface area contributed by atoms with Crippen LogP contribution < -0.4 is 5.73 Å². The van der Waals surface area contributed by atoms with E-state index in [1.165, 1.54) is 22.3 Å². The van der Waals surface area contributed by atoms with Crippen molar-refractivity contribution in [1.82, 2.24) is 0 Å². The Morgan fingerprint density at radius 2 is 1.79 bits per heavy atom. The molecule has 1 nitrogen and oxygen atoms in total. The van der Waals surface area contributed by atoms with Gasteiger partial charge in [-0.3, -0.25) is 0 Å². The number of benzene rings is 1. The average Bonchev–Trinajstić information content (AvgIpc) is 2.11. The van der Waals surface area contributed by atoms with Gasteiger partial charge in [-0.05, 0) is 49.4 Å². The third kappa shape index (κ3) is 2.24. The highest BCUT2D eigenvalue weighted by molar-refractivity contribution is 5.38. The van der Waals surface area contributed by atoms with Crippen LogP contribution in [0.25, 0.3) is 0 Å². The van der Waals surface area contributed by atoms with E-state index >= 15 is 0 Å². The molecule has 1 aromatic carbocycles. The molecule has 0 aliphatic rings. The fraction of sp³-hybridized carbons (Fsp3) is 0.385. The Balaban J connectivity index is 3.08. The number of rotatable bonds is 3. The van der Waals surface area contributed by atoms with Crippen LogP contribution in [0.4, 0.5) is 0 Å². The first-order valence-corrected chi connectivity index (χ1v) is 5.00. The van der Waals surface area contributed by atoms with E-state index in [4.69, 9.17) is 5.73 Å². The van der Waals surface area contributed by atoms with Crippen molar-refractivity contribution < 1.29 is 0 Å². The smallest absolute Gasteiger partial charge is 0.0332 e. The summed E-state index contributed by atoms with van der Waals surface area (Å²) in [7, 11) is 0. The van der Waals surface area contributed by atoms with Crippen LogP contribution in [0.1, 0.15) is 34.7 Å². The molecule has 1 heteroatoms. The molecule has 2 N–H and O–H groups in total. The Morgan fingerprint density at radius 3 is 2.36 bits per heavy atom. The molecule has 0 aromatic heterocycles. The summed E-state index contributed by atoms with van der Waals surface area (Å²) < 4.78 is 0. The maximum absolute atomic E-state index is 6.05. The van der Waals surface area contributed by atoms with Gasteiger partial charge in [0.1, 0.15) is 0 Å². The van der Waals surface area contributed by atoms with Gasteiger partial charge in [-0.1, -0.05) is 18.2 Å². The monoisotopic (exact) mass is 189 g/mol. The minimum atomic E-state index is 0.0896. The SMILES string of the molecule is C=CCC(N)c1cc(C)c(C)cc1C. The van der Waals surface area contributed by atoms with Crippen LogP contribution >= 0.6 is 0 Å². The molecular formula is C13H19N. The lowest BCUT2D eigenvalue weighted by Crippen LogP contribution is -2.11. The largest absolute Gasteiger partial charge is 0.324 e. The van der Waals surface area contributed by atoms with Crippen molar-refractivity contribution in [3.05, 3.63) is 47.0 Å². The molecule has 0 aliphatic heterocycles. The molecule has 1 rings (SSSR count). The molecule has 0 aliphatic carbocycles. The van der Waals surface area contributed by atoms with Crippen molar-refractivity contribution in [3.8, 4) is 0 Å². The molecule has 0 heterocycles. The highest BCUT2D eigenvalue weighted by atomic mass is 14.6. The molecule has 0 saturated carbocycles. The van der Waals surface area contributed by atoms with Gasteiger partial charge in [-0.2, -0.15) is 0 Å². The van der Waals surface area contributed by atoms with E-state index < -0.39 is 0 Å². The zero-order valence-electron chi connectivity index (χ0n) is 9.30. The van der Waals surface area contributed by atoms with Gasteiger partial charge in [-0.25, -0.2) is 0 Å². The molecule has 1 aromatic rings. The molecular weight excluding hydrogens is 170 g/mol. The van der Waals surface area contributed by atoms with Crippen LogP contribution in [0.15, 0.2) is 24.8 Å². The Kier molecular flexibility index (Phi) is 3.48. The van der Waals surface area contributed by atoms with E-state index in [0.717, 1.165) is 6.42 Å². The quantitative estimate of drug-likeness (QED) is 0.726. The van der Waals surface area contributed by atoms with Gasteiger partial charge in [0.25, 0.3) is 0 Å². The molecule has 14 heavy (non-hydrogen) atoms. The van der Waals surface area contributed by atoms with E-state index in [-0.39, 0.29) is 6.04 Å². The van der Waals surface area contributed by atoms with Crippen LogP contribution in [-0.2, 0) is 0 Å². The second-order valence-electron chi connectivity index (χ2n) is 3.92. The van der Waals surface area contributed by atoms with Crippen LogP contribution in [0.5, 0.6) is 0 Å². The Bertz CT molecular complexity index is 339. The van der Waals surface area contributed by atoms with Crippen LogP contribution in [0.2, 0.25) is 0 Å². The maximum atomic E-state index is 6.05. The summed E-state index contributed by atoms with van der Waals surface area (Å²) in [5.74, 6) is 0. The van der Waals surface area contributed by atoms with Gasteiger partial charge in [0.2, 0.25) is 0 Å². The van der Waals surface area contributed by atoms with Crippen LogP contribution in [0, 0.1) is 20.8 Å². The first-order valence-electron chi connectivity index (χ1n) is 5.00. The molecule has 0 spiro atoms. The minimum Gasteiger partial charge on any atom is -0.324 e. The number of aryl methyl sites for hydroxylation is 3. The third-order valence-corrected chi connectivity index (χ3v) is 2.70. The number of hydrogen-bond acceptors (Lipinski definition) is 1. The summed E-state index contributed by atoms with van der Waals surface area (Å²) in [6.45, 7) is 10.1. The van der Waals surface area contributed by atoms with E-state index in [9.17, 15) is 0 Å². The Morgan fingerprint density at radius 1 is 1.21 bits per heavy atom. The first kappa shape index (κ1) is 11.0. The van der Waals surface area contributed by atoms with Crippen molar-refractivity contribution in [2.45, 2.75) is 33.2 Å². The van der Waals surface area contributed by atoms with Crippen molar-refractivity contribution in [2.24, 2.45) is 5.73 Å². The first-order chi connectivity index (χ1) is 6.56. The lowest BCUT2D eigenvalue weighted by molar-refractivity contribution is 0.734. The summed E-state index contributed by atoms with van der Waals surface area (Å²) in [5.41, 5.74) is 11.2. The fourth-order valence-corrected chi connectivity index (χ4v) is 1.69. The third-order valence-electron chi connectivity index (χ3n) is 2.70. The second kappa shape index (κ2) is 4.43. The zero-order chi connectivity index (χ0) is 10.7. The van der Waals surface area contributed by atoms with Gasteiger partial charge in [0.15, 0.2) is 0 Å². The average molecular weight is 189 g/mol. The van der Waals surface area contributed by atoms with Gasteiger partial charge in [0, 0.05) is 6.04 Å². The van der Waals surface area contributed by atoms with Crippen molar-refractivity contribution in [2.75, 3.05) is 0 Å². The predicted octanol–water partition coefficient (Wildman–Crippen LogP) is 3.19. The van der Waals surface area contributed by atoms with Crippen LogP contribution in [0.3, 0.4) is 0 Å². The van der Waals surface area contributed by atoms with Gasteiger partial charge >= 0.3 is 0 Å². The molecule has 0 radical (unpaired) electrons. The van der Waals surface area contributed by atoms with Gasteiger partial charge in [-0.15, -0.1) is 6.58 Å². The number of hydrogen-bond donors (Lipinski definition) is 1. The normalized spacial score (nSPS) is 12.6. The molecule has 0 bridgehead atoms.